The fourth-order valence-corrected chi connectivity index (χ4v) is 4.79. The number of ether oxygens (including phenoxy) is 2. The van der Waals surface area contributed by atoms with Crippen LogP contribution in [0.5, 0.6) is 11.5 Å². The molecular weight excluding hydrogens is 362 g/mol. The van der Waals surface area contributed by atoms with Gasteiger partial charge in [0.25, 0.3) is 0 Å². The van der Waals surface area contributed by atoms with E-state index < -0.39 is 0 Å². The highest BCUT2D eigenvalue weighted by Crippen LogP contribution is 2.36. The van der Waals surface area contributed by atoms with Crippen LogP contribution in [0.15, 0.2) is 29.6 Å². The Bertz CT molecular complexity index is 860. The highest BCUT2D eigenvalue weighted by Gasteiger charge is 2.30. The average Bonchev–Trinajstić information content (AvgIpc) is 3.19. The van der Waals surface area contributed by atoms with Gasteiger partial charge in [-0.25, -0.2) is 0 Å². The van der Waals surface area contributed by atoms with Crippen LogP contribution in [-0.4, -0.2) is 36.3 Å². The third-order valence-electron chi connectivity index (χ3n) is 5.23. The lowest BCUT2D eigenvalue weighted by molar-refractivity contribution is -0.134. The lowest BCUT2D eigenvalue weighted by Gasteiger charge is -2.35. The van der Waals surface area contributed by atoms with Crippen LogP contribution >= 0.6 is 11.3 Å². The molecule has 4 rings (SSSR count). The molecule has 5 nitrogen and oxygen atoms in total. The number of fused-ring (bicyclic) bond motifs is 2. The Labute approximate surface area is 162 Å². The molecule has 1 aromatic heterocycles. The number of thiophene rings is 1. The molecule has 1 aromatic carbocycles. The average molecular weight is 385 g/mol. The van der Waals surface area contributed by atoms with E-state index in [0.717, 1.165) is 19.4 Å². The van der Waals surface area contributed by atoms with Crippen LogP contribution in [-0.2, 0) is 11.2 Å². The number of rotatable bonds is 5. The zero-order chi connectivity index (χ0) is 18.8. The molecule has 6 heteroatoms. The van der Waals surface area contributed by atoms with Crippen molar-refractivity contribution in [3.63, 3.8) is 0 Å². The molecule has 1 amide bonds. The molecule has 0 aliphatic carbocycles. The maximum absolute atomic E-state index is 12.8. The maximum atomic E-state index is 12.8. The minimum Gasteiger partial charge on any atom is -0.486 e. The molecule has 0 bridgehead atoms. The van der Waals surface area contributed by atoms with Gasteiger partial charge in [-0.1, -0.05) is 6.92 Å². The third kappa shape index (κ3) is 3.58. The van der Waals surface area contributed by atoms with Gasteiger partial charge in [-0.15, -0.1) is 11.3 Å². The smallest absolute Gasteiger partial charge is 0.223 e. The summed E-state index contributed by atoms with van der Waals surface area (Å²) in [5.74, 6) is 1.29. The molecule has 0 saturated heterocycles. The van der Waals surface area contributed by atoms with Crippen molar-refractivity contribution in [2.75, 3.05) is 19.8 Å². The van der Waals surface area contributed by atoms with Crippen LogP contribution in [0, 0.1) is 0 Å². The molecule has 0 N–H and O–H groups in total. The van der Waals surface area contributed by atoms with E-state index in [-0.39, 0.29) is 30.6 Å². The van der Waals surface area contributed by atoms with Crippen LogP contribution < -0.4 is 9.47 Å². The number of Topliss-reactive ketones (excluding diaryl/α,β-unsaturated/α-hetero) is 1. The van der Waals surface area contributed by atoms with Crippen molar-refractivity contribution >= 4 is 23.0 Å². The number of carbonyl (C=O) groups excluding carboxylic acids is 2. The van der Waals surface area contributed by atoms with E-state index in [1.54, 1.807) is 29.5 Å². The summed E-state index contributed by atoms with van der Waals surface area (Å²) in [6.45, 7) is 3.86. The van der Waals surface area contributed by atoms with Crippen LogP contribution in [0.3, 0.4) is 0 Å². The quantitative estimate of drug-likeness (QED) is 0.730. The SMILES string of the molecule is CCC1c2ccsc2CCN1C(=O)CCC(=O)c1ccc2c(c1)OCCO2. The molecule has 0 spiro atoms. The second-order valence-electron chi connectivity index (χ2n) is 6.84. The second kappa shape index (κ2) is 7.72. The summed E-state index contributed by atoms with van der Waals surface area (Å²) >= 11 is 1.77. The van der Waals surface area contributed by atoms with E-state index in [9.17, 15) is 9.59 Å². The Morgan fingerprint density at radius 1 is 1.15 bits per heavy atom. The number of nitrogens with zero attached hydrogens (tertiary/aromatic N) is 1. The molecule has 27 heavy (non-hydrogen) atoms. The van der Waals surface area contributed by atoms with Crippen molar-refractivity contribution in [1.82, 2.24) is 4.90 Å². The van der Waals surface area contributed by atoms with E-state index in [1.807, 2.05) is 4.90 Å². The minimum atomic E-state index is -0.0402. The predicted molar refractivity (Wildman–Crippen MR) is 104 cm³/mol. The molecule has 1 unspecified atom stereocenters. The lowest BCUT2D eigenvalue weighted by Crippen LogP contribution is -2.39. The van der Waals surface area contributed by atoms with Gasteiger partial charge in [-0.2, -0.15) is 0 Å². The molecule has 0 saturated carbocycles. The predicted octanol–water partition coefficient (Wildman–Crippen LogP) is 4.02. The van der Waals surface area contributed by atoms with Gasteiger partial charge < -0.3 is 14.4 Å². The molecule has 2 aromatic rings. The Morgan fingerprint density at radius 2 is 1.96 bits per heavy atom. The summed E-state index contributed by atoms with van der Waals surface area (Å²) in [7, 11) is 0. The maximum Gasteiger partial charge on any atom is 0.223 e. The number of benzene rings is 1. The van der Waals surface area contributed by atoms with Gasteiger partial charge >= 0.3 is 0 Å². The largest absolute Gasteiger partial charge is 0.486 e. The minimum absolute atomic E-state index is 0.0402. The van der Waals surface area contributed by atoms with Crippen molar-refractivity contribution in [2.24, 2.45) is 0 Å². The first-order valence-electron chi connectivity index (χ1n) is 9.46. The fourth-order valence-electron chi connectivity index (χ4n) is 3.86. The number of amides is 1. The van der Waals surface area contributed by atoms with E-state index in [1.165, 1.54) is 10.4 Å². The molecule has 1 atom stereocenters. The monoisotopic (exact) mass is 385 g/mol. The summed E-state index contributed by atoms with van der Waals surface area (Å²) in [5, 5.41) is 2.10. The van der Waals surface area contributed by atoms with Gasteiger partial charge in [-0.05, 0) is 48.1 Å². The van der Waals surface area contributed by atoms with Crippen molar-refractivity contribution in [3.8, 4) is 11.5 Å². The molecule has 142 valence electrons. The van der Waals surface area contributed by atoms with Crippen molar-refractivity contribution < 1.29 is 19.1 Å². The fraction of sp³-hybridized carbons (Fsp3) is 0.429. The third-order valence-corrected chi connectivity index (χ3v) is 6.23. The Kier molecular flexibility index (Phi) is 5.16. The second-order valence-corrected chi connectivity index (χ2v) is 7.84. The first kappa shape index (κ1) is 18.0. The van der Waals surface area contributed by atoms with Crippen LogP contribution in [0.4, 0.5) is 0 Å². The summed E-state index contributed by atoms with van der Waals surface area (Å²) in [5.41, 5.74) is 1.85. The zero-order valence-electron chi connectivity index (χ0n) is 15.4. The van der Waals surface area contributed by atoms with Crippen molar-refractivity contribution in [2.45, 2.75) is 38.6 Å². The standard InChI is InChI=1S/C21H23NO4S/c1-2-16-15-8-12-27-20(15)7-9-22(16)21(24)6-4-17(23)14-3-5-18-19(13-14)26-11-10-25-18/h3,5,8,12-13,16H,2,4,6-7,9-11H2,1H3. The normalized spacial score (nSPS) is 18.1. The molecule has 3 heterocycles. The first-order valence-corrected chi connectivity index (χ1v) is 10.3. The Balaban J connectivity index is 1.40. The van der Waals surface area contributed by atoms with Crippen LogP contribution in [0.2, 0.25) is 0 Å². The van der Waals surface area contributed by atoms with Crippen LogP contribution in [0.1, 0.15) is 53.0 Å². The zero-order valence-corrected chi connectivity index (χ0v) is 16.2. The Hall–Kier alpha value is -2.34. The van der Waals surface area contributed by atoms with Gasteiger partial charge in [0.15, 0.2) is 17.3 Å². The van der Waals surface area contributed by atoms with Gasteiger partial charge in [0.05, 0.1) is 6.04 Å². The summed E-state index contributed by atoms with van der Waals surface area (Å²) in [4.78, 5) is 28.7. The number of carbonyl (C=O) groups is 2. The van der Waals surface area contributed by atoms with E-state index >= 15 is 0 Å². The molecule has 0 fully saturated rings. The number of ketones is 1. The van der Waals surface area contributed by atoms with E-state index in [2.05, 4.69) is 18.4 Å². The van der Waals surface area contributed by atoms with Crippen molar-refractivity contribution in [1.29, 1.82) is 0 Å². The summed E-state index contributed by atoms with van der Waals surface area (Å²) < 4.78 is 11.0. The van der Waals surface area contributed by atoms with Gasteiger partial charge in [-0.3, -0.25) is 9.59 Å². The Morgan fingerprint density at radius 3 is 2.78 bits per heavy atom. The molecular formula is C21H23NO4S. The topological polar surface area (TPSA) is 55.8 Å². The summed E-state index contributed by atoms with van der Waals surface area (Å²) in [6.07, 6.45) is 2.25. The van der Waals surface area contributed by atoms with E-state index in [4.69, 9.17) is 9.47 Å². The first-order chi connectivity index (χ1) is 13.2. The molecule has 2 aliphatic rings. The van der Waals surface area contributed by atoms with Gasteiger partial charge in [0.2, 0.25) is 5.91 Å². The van der Waals surface area contributed by atoms with Crippen LogP contribution in [0.25, 0.3) is 0 Å². The highest BCUT2D eigenvalue weighted by molar-refractivity contribution is 7.10. The highest BCUT2D eigenvalue weighted by atomic mass is 32.1. The molecule has 2 aliphatic heterocycles. The van der Waals surface area contributed by atoms with Gasteiger partial charge in [0.1, 0.15) is 13.2 Å². The summed E-state index contributed by atoms with van der Waals surface area (Å²) in [6, 6.07) is 7.49. The van der Waals surface area contributed by atoms with E-state index in [0.29, 0.717) is 30.3 Å². The lowest BCUT2D eigenvalue weighted by atomic mass is 9.97. The van der Waals surface area contributed by atoms with Crippen molar-refractivity contribution in [3.05, 3.63) is 45.6 Å². The van der Waals surface area contributed by atoms with Gasteiger partial charge in [0, 0.05) is 29.8 Å². The number of hydrogen-bond donors (Lipinski definition) is 0. The molecule has 0 radical (unpaired) electrons. The number of hydrogen-bond acceptors (Lipinski definition) is 5.